The molecule has 10 rings (SSSR count). The minimum Gasteiger partial charge on any atom is -0.454 e. The van der Waals surface area contributed by atoms with Crippen LogP contribution in [-0.4, -0.2) is 0 Å². The molecule has 0 aliphatic rings. The lowest BCUT2D eigenvalue weighted by molar-refractivity contribution is 0.669. The number of benzene rings is 9. The molecule has 0 N–H and O–H groups in total. The molecule has 9 aromatic carbocycles. The summed E-state index contributed by atoms with van der Waals surface area (Å²) in [6.07, 6.45) is 0. The van der Waals surface area contributed by atoms with Crippen LogP contribution in [0, 0.1) is 0 Å². The summed E-state index contributed by atoms with van der Waals surface area (Å²) in [4.78, 5) is 2.32. The molecule has 0 spiro atoms. The standard InChI is InChI=1S/C52H35NO/c1-2-12-36(13-3-1)37-26-28-38(29-27-37)39-30-32-44(33-31-39)53(50-24-11-23-49-48-21-6-7-25-51(48)54-52(49)50)45-19-9-17-42(35-45)41-16-8-18-43(34-41)47-22-10-15-40-14-4-5-20-46(40)47/h1-35H. The quantitative estimate of drug-likeness (QED) is 0.166. The largest absolute Gasteiger partial charge is 0.454 e. The van der Waals surface area contributed by atoms with Gasteiger partial charge in [-0.3, -0.25) is 0 Å². The summed E-state index contributed by atoms with van der Waals surface area (Å²) >= 11 is 0. The van der Waals surface area contributed by atoms with Gasteiger partial charge in [-0.25, -0.2) is 0 Å². The van der Waals surface area contributed by atoms with E-state index in [1.165, 1.54) is 49.7 Å². The van der Waals surface area contributed by atoms with Gasteiger partial charge in [-0.2, -0.15) is 0 Å². The predicted molar refractivity (Wildman–Crippen MR) is 228 cm³/mol. The van der Waals surface area contributed by atoms with E-state index in [4.69, 9.17) is 4.42 Å². The van der Waals surface area contributed by atoms with Gasteiger partial charge >= 0.3 is 0 Å². The molecule has 0 saturated carbocycles. The topological polar surface area (TPSA) is 16.4 Å². The Balaban J connectivity index is 1.07. The van der Waals surface area contributed by atoms with Gasteiger partial charge in [-0.05, 0) is 97.7 Å². The van der Waals surface area contributed by atoms with Crippen molar-refractivity contribution in [1.29, 1.82) is 0 Å². The average molecular weight is 690 g/mol. The lowest BCUT2D eigenvalue weighted by Gasteiger charge is -2.26. The maximum atomic E-state index is 6.62. The molecule has 1 aromatic heterocycles. The van der Waals surface area contributed by atoms with Crippen molar-refractivity contribution in [3.8, 4) is 44.5 Å². The van der Waals surface area contributed by atoms with Gasteiger partial charge < -0.3 is 9.32 Å². The number of para-hydroxylation sites is 2. The highest BCUT2D eigenvalue weighted by Gasteiger charge is 2.20. The van der Waals surface area contributed by atoms with E-state index in [0.717, 1.165) is 44.6 Å². The minimum absolute atomic E-state index is 0.864. The Morgan fingerprint density at radius 2 is 0.852 bits per heavy atom. The van der Waals surface area contributed by atoms with E-state index >= 15 is 0 Å². The first-order valence-electron chi connectivity index (χ1n) is 18.4. The summed E-state index contributed by atoms with van der Waals surface area (Å²) in [5, 5.41) is 4.71. The Morgan fingerprint density at radius 3 is 1.65 bits per heavy atom. The molecule has 2 nitrogen and oxygen atoms in total. The number of rotatable bonds is 7. The van der Waals surface area contributed by atoms with Crippen molar-refractivity contribution in [2.75, 3.05) is 4.90 Å². The third-order valence-electron chi connectivity index (χ3n) is 10.5. The first-order valence-corrected chi connectivity index (χ1v) is 18.4. The second-order valence-electron chi connectivity index (χ2n) is 13.7. The number of hydrogen-bond donors (Lipinski definition) is 0. The number of fused-ring (bicyclic) bond motifs is 4. The Hall–Kier alpha value is -7.16. The highest BCUT2D eigenvalue weighted by atomic mass is 16.3. The highest BCUT2D eigenvalue weighted by Crippen LogP contribution is 2.43. The third-order valence-corrected chi connectivity index (χ3v) is 10.5. The van der Waals surface area contributed by atoms with Crippen LogP contribution < -0.4 is 4.90 Å². The van der Waals surface area contributed by atoms with E-state index in [0.29, 0.717) is 0 Å². The zero-order valence-corrected chi connectivity index (χ0v) is 29.6. The highest BCUT2D eigenvalue weighted by molar-refractivity contribution is 6.10. The monoisotopic (exact) mass is 689 g/mol. The zero-order valence-electron chi connectivity index (χ0n) is 29.6. The Labute approximate surface area is 314 Å². The van der Waals surface area contributed by atoms with Gasteiger partial charge in [0.2, 0.25) is 0 Å². The van der Waals surface area contributed by atoms with Crippen LogP contribution in [0.15, 0.2) is 217 Å². The van der Waals surface area contributed by atoms with Gasteiger partial charge in [-0.15, -0.1) is 0 Å². The molecule has 0 bridgehead atoms. The van der Waals surface area contributed by atoms with Gasteiger partial charge in [0.05, 0.1) is 5.69 Å². The molecule has 0 amide bonds. The number of anilines is 3. The Kier molecular flexibility index (Phi) is 7.85. The molecule has 0 fully saturated rings. The Morgan fingerprint density at radius 1 is 0.315 bits per heavy atom. The summed E-state index contributed by atoms with van der Waals surface area (Å²) < 4.78 is 6.62. The normalized spacial score (nSPS) is 11.3. The molecule has 0 saturated heterocycles. The number of nitrogens with zero attached hydrogens (tertiary/aromatic N) is 1. The van der Waals surface area contributed by atoms with Crippen LogP contribution in [0.25, 0.3) is 77.2 Å². The molecule has 54 heavy (non-hydrogen) atoms. The van der Waals surface area contributed by atoms with Crippen LogP contribution in [0.5, 0.6) is 0 Å². The molecule has 0 atom stereocenters. The van der Waals surface area contributed by atoms with E-state index in [1.54, 1.807) is 0 Å². The zero-order chi connectivity index (χ0) is 35.8. The molecular formula is C52H35NO. The summed E-state index contributed by atoms with van der Waals surface area (Å²) in [5.41, 5.74) is 14.4. The third kappa shape index (κ3) is 5.71. The fourth-order valence-electron chi connectivity index (χ4n) is 7.79. The molecule has 254 valence electrons. The smallest absolute Gasteiger partial charge is 0.159 e. The summed E-state index contributed by atoms with van der Waals surface area (Å²) in [6.45, 7) is 0. The number of furan rings is 1. The van der Waals surface area contributed by atoms with Gasteiger partial charge in [0, 0.05) is 22.1 Å². The van der Waals surface area contributed by atoms with Crippen LogP contribution in [0.4, 0.5) is 17.1 Å². The van der Waals surface area contributed by atoms with E-state index < -0.39 is 0 Å². The van der Waals surface area contributed by atoms with Crippen molar-refractivity contribution >= 4 is 49.8 Å². The van der Waals surface area contributed by atoms with Gasteiger partial charge in [0.25, 0.3) is 0 Å². The first kappa shape index (κ1) is 31.6. The summed E-state index contributed by atoms with van der Waals surface area (Å²) in [6, 6.07) is 75.8. The van der Waals surface area contributed by atoms with E-state index in [1.807, 2.05) is 12.1 Å². The molecular weight excluding hydrogens is 655 g/mol. The van der Waals surface area contributed by atoms with Crippen molar-refractivity contribution < 1.29 is 4.42 Å². The number of hydrogen-bond acceptors (Lipinski definition) is 2. The SMILES string of the molecule is c1ccc(-c2ccc(-c3ccc(N(c4cccc(-c5cccc(-c6cccc7ccccc67)c5)c4)c4cccc5c4oc4ccccc45)cc3)cc2)cc1. The summed E-state index contributed by atoms with van der Waals surface area (Å²) in [5.74, 6) is 0. The van der Waals surface area contributed by atoms with Gasteiger partial charge in [-0.1, -0.05) is 170 Å². The van der Waals surface area contributed by atoms with Crippen molar-refractivity contribution in [3.05, 3.63) is 212 Å². The van der Waals surface area contributed by atoms with E-state index in [9.17, 15) is 0 Å². The maximum absolute atomic E-state index is 6.62. The first-order chi connectivity index (χ1) is 26.8. The van der Waals surface area contributed by atoms with E-state index in [2.05, 4.69) is 205 Å². The van der Waals surface area contributed by atoms with Crippen molar-refractivity contribution in [3.63, 3.8) is 0 Å². The second kappa shape index (κ2) is 13.4. The average Bonchev–Trinajstić information content (AvgIpc) is 3.64. The maximum Gasteiger partial charge on any atom is 0.159 e. The lowest BCUT2D eigenvalue weighted by Crippen LogP contribution is -2.10. The van der Waals surface area contributed by atoms with Crippen LogP contribution >= 0.6 is 0 Å². The van der Waals surface area contributed by atoms with Crippen molar-refractivity contribution in [2.45, 2.75) is 0 Å². The fourth-order valence-corrected chi connectivity index (χ4v) is 7.79. The predicted octanol–water partition coefficient (Wildman–Crippen LogP) is 14.9. The van der Waals surface area contributed by atoms with Gasteiger partial charge in [0.1, 0.15) is 5.58 Å². The molecule has 10 aromatic rings. The van der Waals surface area contributed by atoms with Crippen LogP contribution in [0.3, 0.4) is 0 Å². The van der Waals surface area contributed by atoms with Gasteiger partial charge in [0.15, 0.2) is 5.58 Å². The molecule has 1 heterocycles. The lowest BCUT2D eigenvalue weighted by atomic mass is 9.95. The molecule has 0 unspecified atom stereocenters. The van der Waals surface area contributed by atoms with Crippen LogP contribution in [-0.2, 0) is 0 Å². The molecule has 0 aliphatic carbocycles. The fraction of sp³-hybridized carbons (Fsp3) is 0. The van der Waals surface area contributed by atoms with Crippen molar-refractivity contribution in [1.82, 2.24) is 0 Å². The summed E-state index contributed by atoms with van der Waals surface area (Å²) in [7, 11) is 0. The molecule has 0 radical (unpaired) electrons. The molecule has 2 heteroatoms. The molecule has 0 aliphatic heterocycles. The minimum atomic E-state index is 0.864. The van der Waals surface area contributed by atoms with Crippen LogP contribution in [0.1, 0.15) is 0 Å². The van der Waals surface area contributed by atoms with E-state index in [-0.39, 0.29) is 0 Å². The Bertz CT molecular complexity index is 2920. The van der Waals surface area contributed by atoms with Crippen LogP contribution in [0.2, 0.25) is 0 Å². The second-order valence-corrected chi connectivity index (χ2v) is 13.7. The van der Waals surface area contributed by atoms with Crippen molar-refractivity contribution in [2.24, 2.45) is 0 Å².